The second-order valence-electron chi connectivity index (χ2n) is 8.87. The van der Waals surface area contributed by atoms with E-state index < -0.39 is 27.7 Å². The Morgan fingerprint density at radius 3 is 1.04 bits per heavy atom. The quantitative estimate of drug-likeness (QED) is 0.129. The molecule has 0 spiro atoms. The molecule has 10 heteroatoms. The molecular formula is C16H39Cl3O3Si4. The second-order valence-corrected chi connectivity index (χ2v) is 31.1. The predicted octanol–water partition coefficient (Wildman–Crippen LogP) is 5.51. The Bertz CT molecular complexity index is 327. The molecule has 0 fully saturated rings. The maximum Gasteiger partial charge on any atom is 0.245 e. The molecule has 0 N–H and O–H groups in total. The summed E-state index contributed by atoms with van der Waals surface area (Å²) >= 11 is 19.2. The minimum absolute atomic E-state index is 0.623. The van der Waals surface area contributed by atoms with Gasteiger partial charge in [-0.1, -0.05) is 39.3 Å². The van der Waals surface area contributed by atoms with E-state index in [1.807, 2.05) is 0 Å². The van der Waals surface area contributed by atoms with Crippen LogP contribution in [0.25, 0.3) is 0 Å². The fourth-order valence-corrected chi connectivity index (χ4v) is 7.15. The van der Waals surface area contributed by atoms with E-state index in [9.17, 15) is 0 Å². The van der Waals surface area contributed by atoms with Crippen molar-refractivity contribution in [1.29, 1.82) is 0 Å². The van der Waals surface area contributed by atoms with Crippen LogP contribution < -0.4 is 0 Å². The Kier molecular flexibility index (Phi) is 13.1. The van der Waals surface area contributed by atoms with Crippen LogP contribution in [0, 0.1) is 0 Å². The van der Waals surface area contributed by atoms with Crippen LogP contribution >= 0.6 is 33.2 Å². The van der Waals surface area contributed by atoms with Gasteiger partial charge in [0.1, 0.15) is 10.2 Å². The molecule has 0 saturated carbocycles. The van der Waals surface area contributed by atoms with Gasteiger partial charge in [0.15, 0.2) is 22.2 Å². The van der Waals surface area contributed by atoms with Gasteiger partial charge in [0.05, 0.1) is 19.8 Å². The van der Waals surface area contributed by atoms with Crippen LogP contribution in [-0.2, 0) is 14.2 Å². The SMILES string of the molecule is C[Si](C)(Cl)CCCOC([SiH3])(OCCC[Si](C)(C)Cl)OCCC[Si](C)(C)Cl. The van der Waals surface area contributed by atoms with Gasteiger partial charge in [-0.25, -0.2) is 0 Å². The van der Waals surface area contributed by atoms with Crippen molar-refractivity contribution >= 4 is 65.6 Å². The maximum absolute atomic E-state index is 6.39. The molecule has 26 heavy (non-hydrogen) atoms. The van der Waals surface area contributed by atoms with Crippen molar-refractivity contribution in [2.45, 2.75) is 82.3 Å². The molecular weight excluding hydrogens is 459 g/mol. The fraction of sp³-hybridized carbons (Fsp3) is 1.00. The first kappa shape index (κ1) is 27.6. The normalized spacial score (nSPS) is 14.2. The van der Waals surface area contributed by atoms with Crippen molar-refractivity contribution in [2.75, 3.05) is 19.8 Å². The van der Waals surface area contributed by atoms with E-state index in [1.54, 1.807) is 0 Å². The second kappa shape index (κ2) is 12.3. The lowest BCUT2D eigenvalue weighted by Crippen LogP contribution is -2.41. The summed E-state index contributed by atoms with van der Waals surface area (Å²) in [7, 11) is -4.01. The molecule has 0 aromatic rings. The van der Waals surface area contributed by atoms with Crippen LogP contribution in [0.15, 0.2) is 0 Å². The third-order valence-electron chi connectivity index (χ3n) is 3.84. The first-order chi connectivity index (χ1) is 11.6. The third kappa shape index (κ3) is 19.0. The summed E-state index contributed by atoms with van der Waals surface area (Å²) in [6.07, 6.45) is 2.84. The van der Waals surface area contributed by atoms with Crippen LogP contribution in [0.2, 0.25) is 57.4 Å². The number of halogens is 3. The Balaban J connectivity index is 4.40. The van der Waals surface area contributed by atoms with Gasteiger partial charge >= 0.3 is 0 Å². The summed E-state index contributed by atoms with van der Waals surface area (Å²) in [5, 5.41) is 0. The molecule has 0 atom stereocenters. The monoisotopic (exact) mass is 496 g/mol. The van der Waals surface area contributed by atoms with Gasteiger partial charge < -0.3 is 14.2 Å². The van der Waals surface area contributed by atoms with Crippen molar-refractivity contribution < 1.29 is 14.2 Å². The van der Waals surface area contributed by atoms with Crippen molar-refractivity contribution in [3.05, 3.63) is 0 Å². The number of rotatable bonds is 15. The van der Waals surface area contributed by atoms with Gasteiger partial charge in [-0.3, -0.25) is 0 Å². The zero-order valence-electron chi connectivity index (χ0n) is 17.7. The number of ether oxygens (including phenoxy) is 3. The van der Waals surface area contributed by atoms with Gasteiger partial charge in [-0.15, -0.1) is 0 Å². The largest absolute Gasteiger partial charge is 0.332 e. The smallest absolute Gasteiger partial charge is 0.245 e. The summed E-state index contributed by atoms with van der Waals surface area (Å²) in [4.78, 5) is 0. The molecule has 0 saturated heterocycles. The highest BCUT2D eigenvalue weighted by Crippen LogP contribution is 2.22. The van der Waals surface area contributed by atoms with Gasteiger partial charge in [0.25, 0.3) is 0 Å². The van der Waals surface area contributed by atoms with E-state index in [4.69, 9.17) is 47.4 Å². The van der Waals surface area contributed by atoms with E-state index in [-0.39, 0.29) is 0 Å². The minimum atomic E-state index is -1.56. The summed E-state index contributed by atoms with van der Waals surface area (Å²) in [5.74, 6) is 0. The molecule has 0 unspecified atom stereocenters. The summed E-state index contributed by atoms with van der Waals surface area (Å²) < 4.78 is 18.1. The molecule has 0 aliphatic heterocycles. The minimum Gasteiger partial charge on any atom is -0.332 e. The summed E-state index contributed by atoms with van der Waals surface area (Å²) in [6, 6.07) is 3.10. The Hall–Kier alpha value is 1.62. The average molecular weight is 498 g/mol. The molecule has 158 valence electrons. The molecule has 0 aromatic carbocycles. The first-order valence-corrected chi connectivity index (χ1v) is 23.3. The zero-order chi connectivity index (χ0) is 20.5. The van der Waals surface area contributed by atoms with Crippen LogP contribution in [0.1, 0.15) is 19.3 Å². The Morgan fingerprint density at radius 1 is 0.615 bits per heavy atom. The lowest BCUT2D eigenvalue weighted by atomic mass is 10.5. The Morgan fingerprint density at radius 2 is 0.846 bits per heavy atom. The van der Waals surface area contributed by atoms with Gasteiger partial charge in [0, 0.05) is 0 Å². The van der Waals surface area contributed by atoms with Crippen LogP contribution in [-0.4, -0.2) is 57.8 Å². The molecule has 0 heterocycles. The number of hydrogen-bond donors (Lipinski definition) is 0. The summed E-state index contributed by atoms with van der Waals surface area (Å²) in [6.45, 7) is 14.8. The molecule has 3 nitrogen and oxygen atoms in total. The van der Waals surface area contributed by atoms with E-state index in [1.165, 1.54) is 0 Å². The topological polar surface area (TPSA) is 27.7 Å². The third-order valence-corrected chi connectivity index (χ3v) is 11.0. The van der Waals surface area contributed by atoms with E-state index in [0.29, 0.717) is 30.1 Å². The van der Waals surface area contributed by atoms with Gasteiger partial charge in [0.2, 0.25) is 5.60 Å². The van der Waals surface area contributed by atoms with Crippen LogP contribution in [0.3, 0.4) is 0 Å². The lowest BCUT2D eigenvalue weighted by molar-refractivity contribution is -0.325. The van der Waals surface area contributed by atoms with Gasteiger partial charge in [-0.2, -0.15) is 33.2 Å². The average Bonchev–Trinajstić information content (AvgIpc) is 2.42. The standard InChI is InChI=1S/C16H39Cl3O3Si4/c1-24(2,17)13-7-10-20-16(23,21-11-8-14-25(3,4)18)22-12-9-15-26(5,6)19/h7-15H2,1-6,23H3. The van der Waals surface area contributed by atoms with Crippen LogP contribution in [0.5, 0.6) is 0 Å². The van der Waals surface area contributed by atoms with Crippen molar-refractivity contribution in [2.24, 2.45) is 0 Å². The predicted molar refractivity (Wildman–Crippen MR) is 129 cm³/mol. The fourth-order valence-electron chi connectivity index (χ4n) is 2.38. The molecule has 0 aliphatic carbocycles. The lowest BCUT2D eigenvalue weighted by Gasteiger charge is -2.31. The van der Waals surface area contributed by atoms with Crippen molar-refractivity contribution in [3.8, 4) is 0 Å². The first-order valence-electron chi connectivity index (χ1n) is 9.61. The highest BCUT2D eigenvalue weighted by Gasteiger charge is 2.28. The molecule has 0 bridgehead atoms. The van der Waals surface area contributed by atoms with Crippen molar-refractivity contribution in [3.63, 3.8) is 0 Å². The number of hydrogen-bond acceptors (Lipinski definition) is 3. The maximum atomic E-state index is 6.39. The van der Waals surface area contributed by atoms with E-state index >= 15 is 0 Å². The molecule has 0 radical (unpaired) electrons. The highest BCUT2D eigenvalue weighted by molar-refractivity contribution is 7.19. The van der Waals surface area contributed by atoms with E-state index in [0.717, 1.165) is 37.4 Å². The summed E-state index contributed by atoms with van der Waals surface area (Å²) in [5.41, 5.74) is -0.867. The Labute approximate surface area is 181 Å². The van der Waals surface area contributed by atoms with Gasteiger partial charge in [-0.05, 0) is 37.4 Å². The van der Waals surface area contributed by atoms with Crippen molar-refractivity contribution in [1.82, 2.24) is 0 Å². The molecule has 0 amide bonds. The van der Waals surface area contributed by atoms with E-state index in [2.05, 4.69) is 39.3 Å². The van der Waals surface area contributed by atoms with Crippen LogP contribution in [0.4, 0.5) is 0 Å². The zero-order valence-corrected chi connectivity index (χ0v) is 25.0. The molecule has 0 rings (SSSR count). The highest BCUT2D eigenvalue weighted by atomic mass is 35.6. The molecule has 0 aliphatic rings. The molecule has 0 aromatic heterocycles.